The van der Waals surface area contributed by atoms with Gasteiger partial charge in [0.2, 0.25) is 0 Å². The van der Waals surface area contributed by atoms with E-state index in [0.29, 0.717) is 0 Å². The zero-order valence-electron chi connectivity index (χ0n) is 14.3. The van der Waals surface area contributed by atoms with Crippen LogP contribution in [-0.4, -0.2) is 0 Å². The summed E-state index contributed by atoms with van der Waals surface area (Å²) in [7, 11) is 0. The molecule has 0 saturated heterocycles. The molecule has 0 fully saturated rings. The third-order valence-electron chi connectivity index (χ3n) is 4.56. The second-order valence-corrected chi connectivity index (χ2v) is 6.04. The Labute approximate surface area is 144 Å². The quantitative estimate of drug-likeness (QED) is 0.462. The molecule has 0 N–H and O–H groups in total. The lowest BCUT2D eigenvalue weighted by atomic mass is 9.92. The van der Waals surface area contributed by atoms with Crippen LogP contribution in [-0.2, 0) is 0 Å². The Morgan fingerprint density at radius 2 is 1.08 bits per heavy atom. The number of hydrogen-bond acceptors (Lipinski definition) is 0. The van der Waals surface area contributed by atoms with Crippen molar-refractivity contribution in [1.82, 2.24) is 0 Å². The molecular formula is C24H22. The molecule has 0 radical (unpaired) electrons. The lowest BCUT2D eigenvalue weighted by molar-refractivity contribution is 1.45. The molecule has 0 aliphatic heterocycles. The van der Waals surface area contributed by atoms with E-state index in [1.807, 2.05) is 12.1 Å². The molecule has 0 amide bonds. The largest absolute Gasteiger partial charge is 0.0909 e. The molecule has 0 saturated carbocycles. The summed E-state index contributed by atoms with van der Waals surface area (Å²) in [6.07, 6.45) is 0. The minimum atomic E-state index is 1.08. The van der Waals surface area contributed by atoms with Crippen LogP contribution in [0.1, 0.15) is 25.0 Å². The molecule has 0 bridgehead atoms. The van der Waals surface area contributed by atoms with E-state index in [9.17, 15) is 0 Å². The fourth-order valence-corrected chi connectivity index (χ4v) is 2.84. The van der Waals surface area contributed by atoms with E-state index in [0.717, 1.165) is 5.57 Å². The summed E-state index contributed by atoms with van der Waals surface area (Å²) >= 11 is 0. The van der Waals surface area contributed by atoms with E-state index in [2.05, 4.69) is 93.2 Å². The minimum absolute atomic E-state index is 1.08. The van der Waals surface area contributed by atoms with E-state index >= 15 is 0 Å². The summed E-state index contributed by atoms with van der Waals surface area (Å²) in [6, 6.07) is 29.6. The molecule has 0 nitrogen and oxygen atoms in total. The predicted molar refractivity (Wildman–Crippen MR) is 106 cm³/mol. The van der Waals surface area contributed by atoms with Crippen molar-refractivity contribution in [2.24, 2.45) is 0 Å². The van der Waals surface area contributed by atoms with Gasteiger partial charge >= 0.3 is 0 Å². The van der Waals surface area contributed by atoms with Crippen molar-refractivity contribution in [2.75, 3.05) is 0 Å². The average molecular weight is 310 g/mol. The van der Waals surface area contributed by atoms with Gasteiger partial charge in [-0.3, -0.25) is 0 Å². The van der Waals surface area contributed by atoms with Crippen LogP contribution in [0.3, 0.4) is 0 Å². The molecule has 0 aromatic heterocycles. The average Bonchev–Trinajstić information content (AvgIpc) is 2.68. The van der Waals surface area contributed by atoms with Crippen LogP contribution in [0.15, 0.2) is 97.1 Å². The van der Waals surface area contributed by atoms with Crippen molar-refractivity contribution >= 4 is 11.1 Å². The summed E-state index contributed by atoms with van der Waals surface area (Å²) in [5.41, 5.74) is 8.47. The zero-order valence-corrected chi connectivity index (χ0v) is 14.3. The summed E-state index contributed by atoms with van der Waals surface area (Å²) in [6.45, 7) is 8.63. The van der Waals surface area contributed by atoms with Gasteiger partial charge in [-0.25, -0.2) is 0 Å². The molecule has 118 valence electrons. The van der Waals surface area contributed by atoms with Crippen molar-refractivity contribution in [3.05, 3.63) is 108 Å². The number of hydrogen-bond donors (Lipinski definition) is 0. The highest BCUT2D eigenvalue weighted by Gasteiger charge is 2.07. The van der Waals surface area contributed by atoms with E-state index < -0.39 is 0 Å². The summed E-state index contributed by atoms with van der Waals surface area (Å²) in [5, 5.41) is 0. The van der Waals surface area contributed by atoms with E-state index in [1.165, 1.54) is 33.4 Å². The van der Waals surface area contributed by atoms with Crippen molar-refractivity contribution in [1.29, 1.82) is 0 Å². The fourth-order valence-electron chi connectivity index (χ4n) is 2.84. The van der Waals surface area contributed by atoms with Gasteiger partial charge in [-0.15, -0.1) is 0 Å². The SMILES string of the molecule is C=C(/C(C)=C(\C)c1ccccc1)c1ccc(-c2ccccc2)cc1. The van der Waals surface area contributed by atoms with Gasteiger partial charge in [-0.2, -0.15) is 0 Å². The second kappa shape index (κ2) is 7.14. The van der Waals surface area contributed by atoms with Crippen LogP contribution >= 0.6 is 0 Å². The van der Waals surface area contributed by atoms with Crippen LogP contribution < -0.4 is 0 Å². The molecule has 0 unspecified atom stereocenters. The topological polar surface area (TPSA) is 0 Å². The number of benzene rings is 3. The summed E-state index contributed by atoms with van der Waals surface area (Å²) < 4.78 is 0. The first-order valence-corrected chi connectivity index (χ1v) is 8.25. The van der Waals surface area contributed by atoms with Crippen LogP contribution in [0.4, 0.5) is 0 Å². The molecule has 0 heteroatoms. The molecule has 3 rings (SSSR count). The van der Waals surface area contributed by atoms with E-state index in [4.69, 9.17) is 0 Å². The third kappa shape index (κ3) is 3.38. The molecule has 0 heterocycles. The maximum Gasteiger partial charge on any atom is -0.0184 e. The van der Waals surface area contributed by atoms with Crippen LogP contribution in [0.2, 0.25) is 0 Å². The van der Waals surface area contributed by atoms with E-state index in [-0.39, 0.29) is 0 Å². The van der Waals surface area contributed by atoms with Gasteiger partial charge < -0.3 is 0 Å². The second-order valence-electron chi connectivity index (χ2n) is 6.04. The Balaban J connectivity index is 1.88. The monoisotopic (exact) mass is 310 g/mol. The molecular weight excluding hydrogens is 288 g/mol. The van der Waals surface area contributed by atoms with E-state index in [1.54, 1.807) is 0 Å². The lowest BCUT2D eigenvalue weighted by Crippen LogP contribution is -1.90. The van der Waals surface area contributed by atoms with Gasteiger partial charge in [0.15, 0.2) is 0 Å². The van der Waals surface area contributed by atoms with Crippen molar-refractivity contribution in [2.45, 2.75) is 13.8 Å². The van der Waals surface area contributed by atoms with Gasteiger partial charge in [0.1, 0.15) is 0 Å². The van der Waals surface area contributed by atoms with Gasteiger partial charge in [0.25, 0.3) is 0 Å². The predicted octanol–water partition coefficient (Wildman–Crippen LogP) is 6.86. The van der Waals surface area contributed by atoms with Crippen LogP contribution in [0.25, 0.3) is 22.3 Å². The summed E-state index contributed by atoms with van der Waals surface area (Å²) in [4.78, 5) is 0. The first-order valence-electron chi connectivity index (χ1n) is 8.25. The smallest absolute Gasteiger partial charge is 0.0184 e. The minimum Gasteiger partial charge on any atom is -0.0909 e. The first-order chi connectivity index (χ1) is 11.7. The van der Waals surface area contributed by atoms with Crippen LogP contribution in [0, 0.1) is 0 Å². The highest BCUT2D eigenvalue weighted by molar-refractivity contribution is 5.87. The summed E-state index contributed by atoms with van der Waals surface area (Å²) in [5.74, 6) is 0. The standard InChI is InChI=1S/C24H22/c1-18(19(2)21-10-6-4-7-11-21)20(3)22-14-16-24(17-15-22)23-12-8-5-9-13-23/h4-17H,3H2,1-2H3/b19-18+. The number of rotatable bonds is 4. The number of allylic oxidation sites excluding steroid dienone is 3. The Morgan fingerprint density at radius 1 is 0.583 bits per heavy atom. The van der Waals surface area contributed by atoms with Crippen molar-refractivity contribution in [3.8, 4) is 11.1 Å². The van der Waals surface area contributed by atoms with Crippen LogP contribution in [0.5, 0.6) is 0 Å². The van der Waals surface area contributed by atoms with Crippen molar-refractivity contribution in [3.63, 3.8) is 0 Å². The fraction of sp³-hybridized carbons (Fsp3) is 0.0833. The van der Waals surface area contributed by atoms with Gasteiger partial charge in [-0.05, 0) is 52.8 Å². The maximum absolute atomic E-state index is 4.32. The Bertz CT molecular complexity index is 851. The van der Waals surface area contributed by atoms with Gasteiger partial charge in [0.05, 0.1) is 0 Å². The molecule has 0 spiro atoms. The lowest BCUT2D eigenvalue weighted by Gasteiger charge is -2.12. The third-order valence-corrected chi connectivity index (χ3v) is 4.56. The van der Waals surface area contributed by atoms with Gasteiger partial charge in [0, 0.05) is 0 Å². The Hall–Kier alpha value is -2.86. The highest BCUT2D eigenvalue weighted by atomic mass is 14.1. The Kier molecular flexibility index (Phi) is 4.77. The van der Waals surface area contributed by atoms with Crippen molar-refractivity contribution < 1.29 is 0 Å². The normalized spacial score (nSPS) is 11.8. The Morgan fingerprint density at radius 3 is 1.67 bits per heavy atom. The first kappa shape index (κ1) is 16.0. The zero-order chi connectivity index (χ0) is 16.9. The molecule has 3 aromatic rings. The maximum atomic E-state index is 4.32. The molecule has 0 aliphatic rings. The molecule has 3 aromatic carbocycles. The molecule has 0 aliphatic carbocycles. The van der Waals surface area contributed by atoms with Gasteiger partial charge in [-0.1, -0.05) is 91.5 Å². The molecule has 24 heavy (non-hydrogen) atoms. The highest BCUT2D eigenvalue weighted by Crippen LogP contribution is 2.29. The molecule has 0 atom stereocenters.